The Morgan fingerprint density at radius 2 is 2.24 bits per heavy atom. The minimum atomic E-state index is 0.0139. The van der Waals surface area contributed by atoms with E-state index in [9.17, 15) is 4.79 Å². The minimum Gasteiger partial charge on any atom is -0.464 e. The third kappa shape index (κ3) is 4.61. The van der Waals surface area contributed by atoms with Crippen LogP contribution in [0.1, 0.15) is 36.0 Å². The maximum absolute atomic E-state index is 12.1. The van der Waals surface area contributed by atoms with Crippen LogP contribution in [0.4, 0.5) is 0 Å². The highest BCUT2D eigenvalue weighted by Crippen LogP contribution is 2.26. The number of carbonyl (C=O) groups is 1. The molecule has 136 valence electrons. The summed E-state index contributed by atoms with van der Waals surface area (Å²) in [4.78, 5) is 12.1. The number of hydrogen-bond donors (Lipinski definition) is 1. The van der Waals surface area contributed by atoms with Gasteiger partial charge in [-0.3, -0.25) is 4.79 Å². The van der Waals surface area contributed by atoms with Gasteiger partial charge in [0, 0.05) is 30.7 Å². The van der Waals surface area contributed by atoms with Crippen molar-refractivity contribution in [3.05, 3.63) is 35.1 Å². The molecule has 1 aliphatic rings. The normalized spacial score (nSPS) is 17.3. The van der Waals surface area contributed by atoms with Crippen LogP contribution < -0.4 is 5.32 Å². The van der Waals surface area contributed by atoms with Gasteiger partial charge < -0.3 is 19.2 Å². The molecule has 1 atom stereocenters. The van der Waals surface area contributed by atoms with Crippen molar-refractivity contribution in [1.82, 2.24) is 5.32 Å². The summed E-state index contributed by atoms with van der Waals surface area (Å²) in [6, 6.07) is 4.10. The Hall–Kier alpha value is -1.85. The first-order valence-corrected chi connectivity index (χ1v) is 9.07. The van der Waals surface area contributed by atoms with Gasteiger partial charge in [-0.25, -0.2) is 0 Å². The van der Waals surface area contributed by atoms with Crippen LogP contribution in [0.5, 0.6) is 0 Å². The smallest absolute Gasteiger partial charge is 0.224 e. The topological polar surface area (TPSA) is 60.7 Å². The Labute approximate surface area is 148 Å². The fraction of sp³-hybridized carbons (Fsp3) is 0.550. The lowest BCUT2D eigenvalue weighted by Gasteiger charge is -2.10. The molecule has 1 N–H and O–H groups in total. The molecule has 1 aromatic heterocycles. The summed E-state index contributed by atoms with van der Waals surface area (Å²) in [5.74, 6) is 0.0139. The van der Waals surface area contributed by atoms with E-state index >= 15 is 0 Å². The Balaban J connectivity index is 1.38. The van der Waals surface area contributed by atoms with E-state index in [-0.39, 0.29) is 12.0 Å². The van der Waals surface area contributed by atoms with E-state index in [0.717, 1.165) is 48.0 Å². The van der Waals surface area contributed by atoms with Crippen LogP contribution in [0.15, 0.2) is 22.8 Å². The number of hydrogen-bond acceptors (Lipinski definition) is 4. The molecule has 1 aliphatic heterocycles. The molecule has 1 unspecified atom stereocenters. The number of ether oxygens (including phenoxy) is 2. The van der Waals surface area contributed by atoms with Gasteiger partial charge in [0.05, 0.1) is 25.4 Å². The predicted octanol–water partition coefficient (Wildman–Crippen LogP) is 3.29. The van der Waals surface area contributed by atoms with Crippen molar-refractivity contribution in [2.45, 2.75) is 45.6 Å². The molecule has 5 nitrogen and oxygen atoms in total. The lowest BCUT2D eigenvalue weighted by atomic mass is 10.0. The van der Waals surface area contributed by atoms with Gasteiger partial charge >= 0.3 is 0 Å². The highest BCUT2D eigenvalue weighted by Gasteiger charge is 2.15. The number of aryl methyl sites for hydroxylation is 2. The van der Waals surface area contributed by atoms with E-state index in [1.165, 1.54) is 5.56 Å². The molecule has 5 heteroatoms. The maximum Gasteiger partial charge on any atom is 0.224 e. The largest absolute Gasteiger partial charge is 0.464 e. The van der Waals surface area contributed by atoms with Gasteiger partial charge in [0.2, 0.25) is 5.91 Å². The molecule has 0 saturated carbocycles. The van der Waals surface area contributed by atoms with Gasteiger partial charge in [-0.15, -0.1) is 0 Å². The molecule has 1 fully saturated rings. The zero-order valence-electron chi connectivity index (χ0n) is 15.1. The minimum absolute atomic E-state index is 0.0139. The lowest BCUT2D eigenvalue weighted by Crippen LogP contribution is -2.27. The Bertz CT molecular complexity index is 716. The molecule has 1 saturated heterocycles. The number of nitrogens with one attached hydrogen (secondary N) is 1. The fourth-order valence-electron chi connectivity index (χ4n) is 3.15. The first-order valence-electron chi connectivity index (χ1n) is 9.07. The van der Waals surface area contributed by atoms with Crippen molar-refractivity contribution in [2.24, 2.45) is 0 Å². The summed E-state index contributed by atoms with van der Waals surface area (Å²) in [6.45, 7) is 6.89. The van der Waals surface area contributed by atoms with Crippen LogP contribution in [0.25, 0.3) is 11.0 Å². The first kappa shape index (κ1) is 18.0. The van der Waals surface area contributed by atoms with E-state index in [4.69, 9.17) is 13.9 Å². The van der Waals surface area contributed by atoms with E-state index in [2.05, 4.69) is 18.3 Å². The van der Waals surface area contributed by atoms with Crippen LogP contribution in [0, 0.1) is 13.8 Å². The zero-order chi connectivity index (χ0) is 17.6. The van der Waals surface area contributed by atoms with Crippen LogP contribution >= 0.6 is 0 Å². The average molecular weight is 345 g/mol. The van der Waals surface area contributed by atoms with Gasteiger partial charge in [-0.2, -0.15) is 0 Å². The molecular weight excluding hydrogens is 318 g/mol. The average Bonchev–Trinajstić information content (AvgIpc) is 3.24. The summed E-state index contributed by atoms with van der Waals surface area (Å²) in [5, 5.41) is 3.97. The van der Waals surface area contributed by atoms with Crippen molar-refractivity contribution >= 4 is 16.9 Å². The standard InChI is InChI=1S/C20H27NO4/c1-14-6-7-18-16(12-25-20(18)15(14)2)11-19(22)21-8-4-9-23-13-17-5-3-10-24-17/h6-7,12,17H,3-5,8-11,13H2,1-2H3,(H,21,22). The molecule has 0 spiro atoms. The second kappa shape index (κ2) is 8.50. The van der Waals surface area contributed by atoms with E-state index in [1.807, 2.05) is 13.0 Å². The number of benzene rings is 1. The van der Waals surface area contributed by atoms with Crippen LogP contribution in [0.2, 0.25) is 0 Å². The Kier molecular flexibility index (Phi) is 6.10. The van der Waals surface area contributed by atoms with E-state index in [1.54, 1.807) is 6.26 Å². The van der Waals surface area contributed by atoms with Crippen molar-refractivity contribution in [2.75, 3.05) is 26.4 Å². The Morgan fingerprint density at radius 1 is 1.36 bits per heavy atom. The van der Waals surface area contributed by atoms with Crippen LogP contribution in [-0.4, -0.2) is 38.4 Å². The second-order valence-electron chi connectivity index (χ2n) is 6.74. The third-order valence-corrected chi connectivity index (χ3v) is 4.81. The van der Waals surface area contributed by atoms with Gasteiger partial charge in [0.1, 0.15) is 5.58 Å². The van der Waals surface area contributed by atoms with E-state index in [0.29, 0.717) is 26.2 Å². The fourth-order valence-corrected chi connectivity index (χ4v) is 3.15. The summed E-state index contributed by atoms with van der Waals surface area (Å²) >= 11 is 0. The third-order valence-electron chi connectivity index (χ3n) is 4.81. The number of fused-ring (bicyclic) bond motifs is 1. The SMILES string of the molecule is Cc1ccc2c(CC(=O)NCCCOCC3CCCO3)coc2c1C. The number of amides is 1. The monoisotopic (exact) mass is 345 g/mol. The van der Waals surface area contributed by atoms with Crippen molar-refractivity contribution < 1.29 is 18.7 Å². The van der Waals surface area contributed by atoms with Crippen molar-refractivity contribution in [3.63, 3.8) is 0 Å². The Morgan fingerprint density at radius 3 is 3.04 bits per heavy atom. The number of carbonyl (C=O) groups excluding carboxylic acids is 1. The molecule has 0 aliphatic carbocycles. The number of furan rings is 1. The maximum atomic E-state index is 12.1. The predicted molar refractivity (Wildman–Crippen MR) is 96.8 cm³/mol. The molecule has 25 heavy (non-hydrogen) atoms. The van der Waals surface area contributed by atoms with Crippen molar-refractivity contribution in [1.29, 1.82) is 0 Å². The highest BCUT2D eigenvalue weighted by atomic mass is 16.5. The summed E-state index contributed by atoms with van der Waals surface area (Å²) in [7, 11) is 0. The van der Waals surface area contributed by atoms with Gasteiger partial charge in [0.25, 0.3) is 0 Å². The molecule has 2 aromatic rings. The van der Waals surface area contributed by atoms with Gasteiger partial charge in [0.15, 0.2) is 0 Å². The van der Waals surface area contributed by atoms with Crippen LogP contribution in [0.3, 0.4) is 0 Å². The number of rotatable bonds is 8. The molecule has 2 heterocycles. The van der Waals surface area contributed by atoms with E-state index < -0.39 is 0 Å². The molecule has 1 aromatic carbocycles. The molecule has 0 bridgehead atoms. The zero-order valence-corrected chi connectivity index (χ0v) is 15.1. The highest BCUT2D eigenvalue weighted by molar-refractivity contribution is 5.89. The summed E-state index contributed by atoms with van der Waals surface area (Å²) in [5.41, 5.74) is 4.14. The summed E-state index contributed by atoms with van der Waals surface area (Å²) in [6.07, 6.45) is 5.33. The summed E-state index contributed by atoms with van der Waals surface area (Å²) < 4.78 is 16.8. The lowest BCUT2D eigenvalue weighted by molar-refractivity contribution is -0.120. The first-order chi connectivity index (χ1) is 12.1. The quantitative estimate of drug-likeness (QED) is 0.746. The molecule has 1 amide bonds. The molecule has 0 radical (unpaired) electrons. The molecule has 3 rings (SSSR count). The van der Waals surface area contributed by atoms with Crippen molar-refractivity contribution in [3.8, 4) is 0 Å². The van der Waals surface area contributed by atoms with Gasteiger partial charge in [-0.05, 0) is 44.2 Å². The molecular formula is C20H27NO4. The van der Waals surface area contributed by atoms with Gasteiger partial charge in [-0.1, -0.05) is 12.1 Å². The van der Waals surface area contributed by atoms with Crippen LogP contribution in [-0.2, 0) is 20.7 Å². The second-order valence-corrected chi connectivity index (χ2v) is 6.74.